The average molecular weight is 285 g/mol. The van der Waals surface area contributed by atoms with Gasteiger partial charge >= 0.3 is 0 Å². The lowest BCUT2D eigenvalue weighted by atomic mass is 10.2. The van der Waals surface area contributed by atoms with Gasteiger partial charge < -0.3 is 0 Å². The first kappa shape index (κ1) is 12.9. The van der Waals surface area contributed by atoms with Crippen molar-refractivity contribution in [3.63, 3.8) is 0 Å². The highest BCUT2D eigenvalue weighted by Crippen LogP contribution is 2.22. The molecule has 0 spiro atoms. The summed E-state index contributed by atoms with van der Waals surface area (Å²) < 4.78 is 1.61. The monoisotopic (exact) mass is 284 g/mol. The van der Waals surface area contributed by atoms with Crippen LogP contribution in [0.5, 0.6) is 0 Å². The van der Waals surface area contributed by atoms with Gasteiger partial charge in [-0.25, -0.2) is 4.98 Å². The molecule has 2 aromatic carbocycles. The van der Waals surface area contributed by atoms with E-state index in [4.69, 9.17) is 11.6 Å². The average Bonchev–Trinajstić information content (AvgIpc) is 2.43. The fourth-order valence-corrected chi connectivity index (χ4v) is 2.54. The van der Waals surface area contributed by atoms with Gasteiger partial charge in [0.05, 0.1) is 16.6 Å². The number of nitrogens with zero attached hydrogens (tertiary/aromatic N) is 2. The van der Waals surface area contributed by atoms with Crippen LogP contribution < -0.4 is 5.56 Å². The van der Waals surface area contributed by atoms with Crippen LogP contribution in [0.2, 0.25) is 5.02 Å². The maximum Gasteiger partial charge on any atom is 0.265 e. The molecule has 0 radical (unpaired) electrons. The van der Waals surface area contributed by atoms with Crippen molar-refractivity contribution in [3.05, 3.63) is 69.2 Å². The minimum Gasteiger partial charge on any atom is -0.268 e. The van der Waals surface area contributed by atoms with Crippen molar-refractivity contribution in [2.24, 2.45) is 0 Å². The summed E-state index contributed by atoms with van der Waals surface area (Å²) in [4.78, 5) is 17.2. The van der Waals surface area contributed by atoms with Gasteiger partial charge in [0.15, 0.2) is 0 Å². The number of benzene rings is 2. The number of hydrogen-bond acceptors (Lipinski definition) is 2. The second kappa shape index (κ2) is 4.76. The third-order valence-electron chi connectivity index (χ3n) is 3.42. The molecule has 100 valence electrons. The quantitative estimate of drug-likeness (QED) is 0.683. The Morgan fingerprint density at radius 3 is 2.60 bits per heavy atom. The van der Waals surface area contributed by atoms with Gasteiger partial charge in [-0.1, -0.05) is 29.8 Å². The van der Waals surface area contributed by atoms with Gasteiger partial charge in [0, 0.05) is 5.02 Å². The second-order valence-electron chi connectivity index (χ2n) is 4.70. The number of aryl methyl sites for hydroxylation is 1. The molecular weight excluding hydrogens is 272 g/mol. The highest BCUT2D eigenvalue weighted by molar-refractivity contribution is 6.31. The van der Waals surface area contributed by atoms with E-state index in [1.807, 2.05) is 50.2 Å². The predicted molar refractivity (Wildman–Crippen MR) is 81.8 cm³/mol. The van der Waals surface area contributed by atoms with Gasteiger partial charge in [-0.3, -0.25) is 9.36 Å². The molecule has 0 N–H and O–H groups in total. The SMILES string of the molecule is Cc1c(Cl)cccc1-n1c(C)nc2ccccc2c1=O. The lowest BCUT2D eigenvalue weighted by Gasteiger charge is -2.13. The smallest absolute Gasteiger partial charge is 0.265 e. The van der Waals surface area contributed by atoms with Gasteiger partial charge in [-0.15, -0.1) is 0 Å². The van der Waals surface area contributed by atoms with Crippen molar-refractivity contribution < 1.29 is 0 Å². The molecule has 0 unspecified atom stereocenters. The van der Waals surface area contributed by atoms with Crippen LogP contribution in [0.15, 0.2) is 47.3 Å². The molecular formula is C16H13ClN2O. The Hall–Kier alpha value is -2.13. The summed E-state index contributed by atoms with van der Waals surface area (Å²) in [5, 5.41) is 1.25. The second-order valence-corrected chi connectivity index (χ2v) is 5.11. The van der Waals surface area contributed by atoms with Crippen molar-refractivity contribution in [1.29, 1.82) is 0 Å². The van der Waals surface area contributed by atoms with Crippen LogP contribution >= 0.6 is 11.6 Å². The molecule has 0 aliphatic heterocycles. The number of halogens is 1. The number of rotatable bonds is 1. The Labute approximate surface area is 121 Å². The summed E-state index contributed by atoms with van der Waals surface area (Å²) in [6, 6.07) is 12.9. The zero-order valence-electron chi connectivity index (χ0n) is 11.2. The van der Waals surface area contributed by atoms with Gasteiger partial charge in [-0.05, 0) is 43.7 Å². The first-order valence-corrected chi connectivity index (χ1v) is 6.71. The fraction of sp³-hybridized carbons (Fsp3) is 0.125. The zero-order valence-corrected chi connectivity index (χ0v) is 12.0. The molecule has 0 aliphatic carbocycles. The van der Waals surface area contributed by atoms with E-state index in [1.54, 1.807) is 10.6 Å². The summed E-state index contributed by atoms with van der Waals surface area (Å²) in [6.07, 6.45) is 0. The molecule has 0 bridgehead atoms. The first-order valence-electron chi connectivity index (χ1n) is 6.33. The Kier molecular flexibility index (Phi) is 3.07. The Balaban J connectivity index is 2.43. The number of fused-ring (bicyclic) bond motifs is 1. The van der Waals surface area contributed by atoms with Crippen molar-refractivity contribution in [3.8, 4) is 5.69 Å². The lowest BCUT2D eigenvalue weighted by molar-refractivity contribution is 0.888. The van der Waals surface area contributed by atoms with Crippen LogP contribution in [-0.2, 0) is 0 Å². The minimum absolute atomic E-state index is 0.0709. The van der Waals surface area contributed by atoms with Crippen molar-refractivity contribution in [2.75, 3.05) is 0 Å². The fourth-order valence-electron chi connectivity index (χ4n) is 2.37. The molecule has 1 heterocycles. The van der Waals surface area contributed by atoms with E-state index in [1.165, 1.54) is 0 Å². The summed E-state index contributed by atoms with van der Waals surface area (Å²) in [5.74, 6) is 0.652. The van der Waals surface area contributed by atoms with Crippen LogP contribution in [0.4, 0.5) is 0 Å². The molecule has 4 heteroatoms. The molecule has 0 atom stereocenters. The van der Waals surface area contributed by atoms with Gasteiger partial charge in [0.2, 0.25) is 0 Å². The van der Waals surface area contributed by atoms with E-state index in [2.05, 4.69) is 4.98 Å². The van der Waals surface area contributed by atoms with Crippen molar-refractivity contribution in [2.45, 2.75) is 13.8 Å². The molecule has 1 aromatic heterocycles. The molecule has 0 amide bonds. The number of hydrogen-bond donors (Lipinski definition) is 0. The maximum absolute atomic E-state index is 12.7. The van der Waals surface area contributed by atoms with Crippen LogP contribution in [0.1, 0.15) is 11.4 Å². The van der Waals surface area contributed by atoms with Gasteiger partial charge in [0.25, 0.3) is 5.56 Å². The van der Waals surface area contributed by atoms with E-state index >= 15 is 0 Å². The Bertz CT molecular complexity index is 868. The molecule has 0 saturated heterocycles. The molecule has 20 heavy (non-hydrogen) atoms. The Morgan fingerprint density at radius 2 is 1.80 bits per heavy atom. The van der Waals surface area contributed by atoms with E-state index in [-0.39, 0.29) is 5.56 Å². The molecule has 0 saturated carbocycles. The summed E-state index contributed by atoms with van der Waals surface area (Å²) >= 11 is 6.15. The van der Waals surface area contributed by atoms with E-state index in [9.17, 15) is 4.79 Å². The standard InChI is InChI=1S/C16H13ClN2O/c1-10-13(17)7-5-9-15(10)19-11(2)18-14-8-4-3-6-12(14)16(19)20/h3-9H,1-2H3. The van der Waals surface area contributed by atoms with E-state index < -0.39 is 0 Å². The molecule has 0 fully saturated rings. The first-order chi connectivity index (χ1) is 9.59. The molecule has 3 aromatic rings. The van der Waals surface area contributed by atoms with Crippen LogP contribution in [0, 0.1) is 13.8 Å². The third kappa shape index (κ3) is 1.91. The Morgan fingerprint density at radius 1 is 1.05 bits per heavy atom. The highest BCUT2D eigenvalue weighted by atomic mass is 35.5. The summed E-state index contributed by atoms with van der Waals surface area (Å²) in [5.41, 5.74) is 2.29. The van der Waals surface area contributed by atoms with Gasteiger partial charge in [0.1, 0.15) is 5.82 Å². The van der Waals surface area contributed by atoms with E-state index in [0.29, 0.717) is 21.7 Å². The number of aromatic nitrogens is 2. The third-order valence-corrected chi connectivity index (χ3v) is 3.83. The predicted octanol–water partition coefficient (Wildman–Crippen LogP) is 3.66. The topological polar surface area (TPSA) is 34.9 Å². The van der Waals surface area contributed by atoms with Crippen molar-refractivity contribution >= 4 is 22.5 Å². The highest BCUT2D eigenvalue weighted by Gasteiger charge is 2.12. The van der Waals surface area contributed by atoms with Gasteiger partial charge in [-0.2, -0.15) is 0 Å². The van der Waals surface area contributed by atoms with Crippen LogP contribution in [-0.4, -0.2) is 9.55 Å². The molecule has 3 rings (SSSR count). The maximum atomic E-state index is 12.7. The van der Waals surface area contributed by atoms with Crippen LogP contribution in [0.3, 0.4) is 0 Å². The minimum atomic E-state index is -0.0709. The summed E-state index contributed by atoms with van der Waals surface area (Å²) in [6.45, 7) is 3.73. The largest absolute Gasteiger partial charge is 0.268 e. The lowest BCUT2D eigenvalue weighted by Crippen LogP contribution is -2.23. The van der Waals surface area contributed by atoms with E-state index in [0.717, 1.165) is 11.3 Å². The zero-order chi connectivity index (χ0) is 14.3. The van der Waals surface area contributed by atoms with Crippen LogP contribution in [0.25, 0.3) is 16.6 Å². The normalized spacial score (nSPS) is 10.9. The van der Waals surface area contributed by atoms with Crippen molar-refractivity contribution in [1.82, 2.24) is 9.55 Å². The molecule has 3 nitrogen and oxygen atoms in total. The molecule has 0 aliphatic rings. The summed E-state index contributed by atoms with van der Waals surface area (Å²) in [7, 11) is 0. The number of para-hydroxylation sites is 1.